The Morgan fingerprint density at radius 1 is 0.966 bits per heavy atom. The van der Waals surface area contributed by atoms with Crippen LogP contribution >= 0.6 is 11.3 Å². The number of non-ortho nitro benzene ring substituents is 1. The number of thiophene rings is 1. The third-order valence-electron chi connectivity index (χ3n) is 4.46. The molecule has 3 aromatic heterocycles. The molecule has 8 heteroatoms. The third-order valence-corrected chi connectivity index (χ3v) is 5.14. The van der Waals surface area contributed by atoms with E-state index in [-0.39, 0.29) is 5.69 Å². The Kier molecular flexibility index (Phi) is 4.10. The average molecular weight is 400 g/mol. The number of hydrogen-bond donors (Lipinski definition) is 0. The van der Waals surface area contributed by atoms with Gasteiger partial charge in [0.2, 0.25) is 5.88 Å². The van der Waals surface area contributed by atoms with Gasteiger partial charge in [-0.05, 0) is 41.8 Å². The summed E-state index contributed by atoms with van der Waals surface area (Å²) in [5, 5.41) is 16.4. The van der Waals surface area contributed by atoms with Crippen LogP contribution in [0.4, 0.5) is 5.69 Å². The monoisotopic (exact) mass is 400 g/mol. The normalized spacial score (nSPS) is 11.0. The highest BCUT2D eigenvalue weighted by molar-refractivity contribution is 7.08. The summed E-state index contributed by atoms with van der Waals surface area (Å²) in [5.74, 6) is 1.32. The molecule has 0 N–H and O–H groups in total. The minimum Gasteiger partial charge on any atom is -0.436 e. The molecular weight excluding hydrogens is 388 g/mol. The highest BCUT2D eigenvalue weighted by Crippen LogP contribution is 2.36. The van der Waals surface area contributed by atoms with E-state index in [1.807, 2.05) is 41.1 Å². The molecule has 7 nitrogen and oxygen atoms in total. The lowest BCUT2D eigenvalue weighted by atomic mass is 10.1. The van der Waals surface area contributed by atoms with Crippen molar-refractivity contribution < 1.29 is 9.66 Å². The van der Waals surface area contributed by atoms with Gasteiger partial charge in [0, 0.05) is 23.2 Å². The standard InChI is InChI=1S/C21H12N4O3S/c26-25(27)17-7-8-18(19-15(17)5-3-10-22-19)28-21-14-4-1-2-6-16(14)23-20(24-21)13-9-11-29-12-13/h1-12H. The maximum absolute atomic E-state index is 11.4. The van der Waals surface area contributed by atoms with E-state index in [9.17, 15) is 10.1 Å². The summed E-state index contributed by atoms with van der Waals surface area (Å²) >= 11 is 1.56. The van der Waals surface area contributed by atoms with E-state index < -0.39 is 4.92 Å². The number of para-hydroxylation sites is 1. The summed E-state index contributed by atoms with van der Waals surface area (Å²) in [6, 6.07) is 15.8. The second-order valence-electron chi connectivity index (χ2n) is 6.22. The molecule has 140 valence electrons. The van der Waals surface area contributed by atoms with Gasteiger partial charge in [0.1, 0.15) is 5.52 Å². The molecule has 0 aliphatic heterocycles. The van der Waals surface area contributed by atoms with Crippen LogP contribution in [0.15, 0.2) is 71.6 Å². The van der Waals surface area contributed by atoms with Gasteiger partial charge in [-0.2, -0.15) is 16.3 Å². The highest BCUT2D eigenvalue weighted by Gasteiger charge is 2.18. The third kappa shape index (κ3) is 3.05. The van der Waals surface area contributed by atoms with Crippen LogP contribution < -0.4 is 4.74 Å². The predicted octanol–water partition coefficient (Wildman–Crippen LogP) is 5.61. The number of nitro benzene ring substituents is 1. The van der Waals surface area contributed by atoms with Gasteiger partial charge in [0.15, 0.2) is 11.6 Å². The van der Waals surface area contributed by atoms with Crippen LogP contribution in [0.3, 0.4) is 0 Å². The fraction of sp³-hybridized carbons (Fsp3) is 0. The molecule has 0 unspecified atom stereocenters. The number of benzene rings is 2. The summed E-state index contributed by atoms with van der Waals surface area (Å²) in [4.78, 5) is 24.5. The predicted molar refractivity (Wildman–Crippen MR) is 111 cm³/mol. The molecule has 29 heavy (non-hydrogen) atoms. The van der Waals surface area contributed by atoms with Crippen LogP contribution in [-0.4, -0.2) is 19.9 Å². The lowest BCUT2D eigenvalue weighted by molar-refractivity contribution is -0.383. The second-order valence-corrected chi connectivity index (χ2v) is 7.00. The zero-order valence-corrected chi connectivity index (χ0v) is 15.7. The number of hydrogen-bond acceptors (Lipinski definition) is 7. The van der Waals surface area contributed by atoms with Gasteiger partial charge < -0.3 is 4.74 Å². The van der Waals surface area contributed by atoms with Crippen LogP contribution in [0.2, 0.25) is 0 Å². The minimum absolute atomic E-state index is 0.0213. The summed E-state index contributed by atoms with van der Waals surface area (Å²) in [5.41, 5.74) is 2.03. The lowest BCUT2D eigenvalue weighted by Crippen LogP contribution is -1.97. The quantitative estimate of drug-likeness (QED) is 0.288. The topological polar surface area (TPSA) is 91.0 Å². The van der Waals surface area contributed by atoms with E-state index in [1.165, 1.54) is 6.07 Å². The van der Waals surface area contributed by atoms with Crippen molar-refractivity contribution in [3.05, 3.63) is 81.7 Å². The van der Waals surface area contributed by atoms with Gasteiger partial charge in [0.05, 0.1) is 21.2 Å². The largest absolute Gasteiger partial charge is 0.436 e. The number of aromatic nitrogens is 3. The molecule has 0 bridgehead atoms. The van der Waals surface area contributed by atoms with Crippen molar-refractivity contribution in [1.82, 2.24) is 15.0 Å². The molecule has 0 radical (unpaired) electrons. The minimum atomic E-state index is -0.428. The summed E-state index contributed by atoms with van der Waals surface area (Å²) in [6.45, 7) is 0. The van der Waals surface area contributed by atoms with Crippen molar-refractivity contribution in [2.24, 2.45) is 0 Å². The molecule has 2 aromatic carbocycles. The lowest BCUT2D eigenvalue weighted by Gasteiger charge is -2.11. The summed E-state index contributed by atoms with van der Waals surface area (Å²) in [7, 11) is 0. The summed E-state index contributed by atoms with van der Waals surface area (Å²) < 4.78 is 6.15. The van der Waals surface area contributed by atoms with E-state index >= 15 is 0 Å². The van der Waals surface area contributed by atoms with Crippen molar-refractivity contribution in [3.63, 3.8) is 0 Å². The average Bonchev–Trinajstić information content (AvgIpc) is 3.28. The summed E-state index contributed by atoms with van der Waals surface area (Å²) in [6.07, 6.45) is 1.58. The maximum atomic E-state index is 11.4. The molecule has 5 rings (SSSR count). The van der Waals surface area contributed by atoms with Crippen LogP contribution in [0.5, 0.6) is 11.6 Å². The van der Waals surface area contributed by atoms with Gasteiger partial charge in [-0.3, -0.25) is 15.1 Å². The smallest absolute Gasteiger partial charge is 0.279 e. The maximum Gasteiger partial charge on any atom is 0.279 e. The van der Waals surface area contributed by atoms with Crippen LogP contribution in [0, 0.1) is 10.1 Å². The SMILES string of the molecule is O=[N+]([O-])c1ccc(Oc2nc(-c3ccsc3)nc3ccccc23)c2ncccc12. The first-order valence-corrected chi connectivity index (χ1v) is 9.64. The van der Waals surface area contributed by atoms with E-state index in [2.05, 4.69) is 15.0 Å². The Labute approximate surface area is 168 Å². The molecule has 0 atom stereocenters. The Bertz CT molecular complexity index is 1370. The Morgan fingerprint density at radius 3 is 2.66 bits per heavy atom. The molecule has 0 saturated heterocycles. The molecule has 0 aliphatic carbocycles. The number of pyridine rings is 1. The number of rotatable bonds is 4. The van der Waals surface area contributed by atoms with E-state index in [0.29, 0.717) is 28.4 Å². The van der Waals surface area contributed by atoms with Crippen molar-refractivity contribution in [2.75, 3.05) is 0 Å². The van der Waals surface area contributed by atoms with Gasteiger partial charge in [-0.1, -0.05) is 12.1 Å². The van der Waals surface area contributed by atoms with Crippen molar-refractivity contribution >= 4 is 38.8 Å². The van der Waals surface area contributed by atoms with Crippen LogP contribution in [-0.2, 0) is 0 Å². The molecule has 0 saturated carbocycles. The van der Waals surface area contributed by atoms with Crippen molar-refractivity contribution in [3.8, 4) is 23.0 Å². The van der Waals surface area contributed by atoms with E-state index in [1.54, 1.807) is 35.7 Å². The number of nitrogens with zero attached hydrogens (tertiary/aromatic N) is 4. The van der Waals surface area contributed by atoms with Crippen molar-refractivity contribution in [2.45, 2.75) is 0 Å². The molecule has 0 aliphatic rings. The molecule has 0 fully saturated rings. The molecule has 5 aromatic rings. The Morgan fingerprint density at radius 2 is 1.83 bits per heavy atom. The van der Waals surface area contributed by atoms with E-state index in [4.69, 9.17) is 4.74 Å². The highest BCUT2D eigenvalue weighted by atomic mass is 32.1. The first-order valence-electron chi connectivity index (χ1n) is 8.70. The second kappa shape index (κ2) is 6.92. The van der Waals surface area contributed by atoms with Gasteiger partial charge in [-0.25, -0.2) is 4.98 Å². The fourth-order valence-corrected chi connectivity index (χ4v) is 3.76. The van der Waals surface area contributed by atoms with Gasteiger partial charge in [-0.15, -0.1) is 0 Å². The first-order chi connectivity index (χ1) is 14.2. The fourth-order valence-electron chi connectivity index (χ4n) is 3.12. The van der Waals surface area contributed by atoms with Crippen LogP contribution in [0.1, 0.15) is 0 Å². The molecule has 0 amide bonds. The molecular formula is C21H12N4O3S. The zero-order chi connectivity index (χ0) is 19.8. The number of fused-ring (bicyclic) bond motifs is 2. The zero-order valence-electron chi connectivity index (χ0n) is 14.9. The number of nitro groups is 1. The molecule has 3 heterocycles. The van der Waals surface area contributed by atoms with E-state index in [0.717, 1.165) is 16.5 Å². The van der Waals surface area contributed by atoms with Gasteiger partial charge in [0.25, 0.3) is 5.69 Å². The van der Waals surface area contributed by atoms with Crippen LogP contribution in [0.25, 0.3) is 33.2 Å². The Balaban J connectivity index is 1.70. The Hall–Kier alpha value is -3.91. The molecule has 0 spiro atoms. The number of ether oxygens (including phenoxy) is 1. The van der Waals surface area contributed by atoms with Gasteiger partial charge >= 0.3 is 0 Å². The van der Waals surface area contributed by atoms with Crippen molar-refractivity contribution in [1.29, 1.82) is 0 Å². The first kappa shape index (κ1) is 17.2.